The van der Waals surface area contributed by atoms with Gasteiger partial charge in [-0.3, -0.25) is 33.4 Å². The van der Waals surface area contributed by atoms with Crippen molar-refractivity contribution in [3.8, 4) is 0 Å². The SMILES string of the molecule is Cn1c(C2=C(C(=O)O)N3C(=O)[C@@](C=S)(NC(=O)C(=NOC4CC4)c4csc(NC=O)n4)[C@@H]3SC2)n[nH]c(=O)c1=O. The first kappa shape index (κ1) is 27.3. The zero-order valence-corrected chi connectivity index (χ0v) is 22.7. The summed E-state index contributed by atoms with van der Waals surface area (Å²) in [6, 6.07) is 0. The first-order valence-electron chi connectivity index (χ1n) is 11.4. The maximum absolute atomic E-state index is 13.5. The molecule has 4 N–H and O–H groups in total. The maximum Gasteiger partial charge on any atom is 0.353 e. The standard InChI is InChI=1S/C21H18N8O8S3/c1-28-13(25-26-15(32)16(28)33)9-4-39-19-21(6-38,18(36)29(19)12(9)17(34)35)24-14(31)11(27-37-8-2-3-8)10-5-40-20(23-10)22-7-30/h5-8,19H,2-4H2,1H3,(H,24,31)(H,26,32)(H,34,35)(H,22,23,30)/t19-,21+/m0/s1. The number of anilines is 1. The minimum atomic E-state index is -1.80. The van der Waals surface area contributed by atoms with Crippen LogP contribution in [0.15, 0.2) is 25.8 Å². The second-order valence-corrected chi connectivity index (χ2v) is 10.9. The normalized spacial score (nSPS) is 22.2. The van der Waals surface area contributed by atoms with E-state index < -0.39 is 45.5 Å². The van der Waals surface area contributed by atoms with Crippen LogP contribution in [0.25, 0.3) is 5.57 Å². The number of β-lactam (4-membered cyclic amide) rings is 1. The number of oxime groups is 1. The molecule has 2 aromatic rings. The first-order valence-corrected chi connectivity index (χ1v) is 13.8. The maximum atomic E-state index is 13.5. The molecule has 2 aromatic heterocycles. The Hall–Kier alpha value is -4.23. The van der Waals surface area contributed by atoms with Crippen molar-refractivity contribution in [2.75, 3.05) is 11.1 Å². The highest BCUT2D eigenvalue weighted by Crippen LogP contribution is 2.47. The van der Waals surface area contributed by atoms with Crippen molar-refractivity contribution in [1.82, 2.24) is 30.0 Å². The molecule has 0 bridgehead atoms. The number of nitrogens with zero attached hydrogens (tertiary/aromatic N) is 5. The lowest BCUT2D eigenvalue weighted by atomic mass is 9.87. The highest BCUT2D eigenvalue weighted by molar-refractivity contribution is 8.00. The second-order valence-electron chi connectivity index (χ2n) is 8.70. The number of hydrogen-bond acceptors (Lipinski definition) is 13. The fraction of sp³-hybridized carbons (Fsp3) is 0.333. The van der Waals surface area contributed by atoms with Crippen molar-refractivity contribution in [1.29, 1.82) is 0 Å². The number of aromatic nitrogens is 4. The summed E-state index contributed by atoms with van der Waals surface area (Å²) in [5, 5.41) is 26.5. The summed E-state index contributed by atoms with van der Waals surface area (Å²) in [6.07, 6.45) is 1.77. The van der Waals surface area contributed by atoms with E-state index in [2.05, 4.69) is 25.9 Å². The van der Waals surface area contributed by atoms with E-state index in [1.807, 2.05) is 5.10 Å². The number of amides is 3. The zero-order valence-electron chi connectivity index (χ0n) is 20.3. The number of carboxylic acid groups (broad SMARTS) is 1. The van der Waals surface area contributed by atoms with Gasteiger partial charge in [0.1, 0.15) is 22.9 Å². The molecule has 19 heteroatoms. The number of nitrogens with one attached hydrogen (secondary N) is 3. The van der Waals surface area contributed by atoms with Crippen LogP contribution in [-0.2, 0) is 31.1 Å². The molecule has 2 aliphatic heterocycles. The van der Waals surface area contributed by atoms with Gasteiger partial charge >= 0.3 is 17.1 Å². The zero-order chi connectivity index (χ0) is 28.8. The highest BCUT2D eigenvalue weighted by atomic mass is 32.2. The van der Waals surface area contributed by atoms with E-state index in [0.717, 1.165) is 50.8 Å². The van der Waals surface area contributed by atoms with E-state index in [4.69, 9.17) is 17.1 Å². The molecule has 208 valence electrons. The molecular weight excluding hydrogens is 588 g/mol. The van der Waals surface area contributed by atoms with Crippen LogP contribution < -0.4 is 21.8 Å². The number of rotatable bonds is 10. The fourth-order valence-corrected chi connectivity index (χ4v) is 6.46. The van der Waals surface area contributed by atoms with Crippen LogP contribution in [0.3, 0.4) is 0 Å². The summed E-state index contributed by atoms with van der Waals surface area (Å²) < 4.78 is 0.890. The van der Waals surface area contributed by atoms with Gasteiger partial charge in [-0.15, -0.1) is 23.1 Å². The molecule has 40 heavy (non-hydrogen) atoms. The Morgan fingerprint density at radius 2 is 2.10 bits per heavy atom. The Labute approximate surface area is 236 Å². The third kappa shape index (κ3) is 4.50. The minimum Gasteiger partial charge on any atom is -0.477 e. The van der Waals surface area contributed by atoms with E-state index >= 15 is 0 Å². The van der Waals surface area contributed by atoms with E-state index in [1.54, 1.807) is 0 Å². The van der Waals surface area contributed by atoms with Gasteiger partial charge in [-0.2, -0.15) is 5.10 Å². The number of thiazole rings is 1. The molecule has 5 rings (SSSR count). The van der Waals surface area contributed by atoms with Gasteiger partial charge in [0, 0.05) is 29.1 Å². The van der Waals surface area contributed by atoms with Crippen LogP contribution >= 0.6 is 35.3 Å². The largest absolute Gasteiger partial charge is 0.477 e. The second kappa shape index (κ2) is 10.4. The van der Waals surface area contributed by atoms with Crippen LogP contribution in [0.2, 0.25) is 0 Å². The van der Waals surface area contributed by atoms with Gasteiger partial charge in [0.15, 0.2) is 22.2 Å². The van der Waals surface area contributed by atoms with Crippen molar-refractivity contribution in [3.05, 3.63) is 43.3 Å². The predicted octanol–water partition coefficient (Wildman–Crippen LogP) is -1.36. The number of thiocarbonyl (C=S) groups is 1. The Kier molecular flexibility index (Phi) is 7.10. The molecule has 0 radical (unpaired) electrons. The molecule has 0 spiro atoms. The smallest absolute Gasteiger partial charge is 0.353 e. The number of fused-ring (bicyclic) bond motifs is 1. The molecule has 3 aliphatic rings. The van der Waals surface area contributed by atoms with Crippen LogP contribution in [0.1, 0.15) is 24.4 Å². The van der Waals surface area contributed by atoms with E-state index in [1.165, 1.54) is 12.4 Å². The van der Waals surface area contributed by atoms with Crippen LogP contribution in [0, 0.1) is 0 Å². The topological polar surface area (TPSA) is 218 Å². The third-order valence-corrected chi connectivity index (χ3v) is 8.63. The van der Waals surface area contributed by atoms with Gasteiger partial charge in [-0.1, -0.05) is 17.4 Å². The van der Waals surface area contributed by atoms with Gasteiger partial charge in [0.05, 0.1) is 0 Å². The van der Waals surface area contributed by atoms with Crippen molar-refractivity contribution in [2.45, 2.75) is 29.9 Å². The number of thioether (sulfide) groups is 1. The van der Waals surface area contributed by atoms with Crippen LogP contribution in [-0.4, -0.2) is 87.8 Å². The van der Waals surface area contributed by atoms with Crippen molar-refractivity contribution < 1.29 is 29.1 Å². The molecule has 4 heterocycles. The van der Waals surface area contributed by atoms with Crippen molar-refractivity contribution in [3.63, 3.8) is 0 Å². The molecular formula is C21H18N8O8S3. The average molecular weight is 607 g/mol. The third-order valence-electron chi connectivity index (χ3n) is 6.13. The van der Waals surface area contributed by atoms with Crippen LogP contribution in [0.4, 0.5) is 5.13 Å². The Morgan fingerprint density at radius 1 is 1.35 bits per heavy atom. The first-order chi connectivity index (χ1) is 19.1. The van der Waals surface area contributed by atoms with Crippen molar-refractivity contribution in [2.24, 2.45) is 12.2 Å². The number of aliphatic carboxylic acids is 1. The molecule has 2 atom stereocenters. The highest BCUT2D eigenvalue weighted by Gasteiger charge is 2.65. The molecule has 0 unspecified atom stereocenters. The van der Waals surface area contributed by atoms with Gasteiger partial charge in [0.25, 0.3) is 11.8 Å². The summed E-state index contributed by atoms with van der Waals surface area (Å²) >= 11 is 7.25. The summed E-state index contributed by atoms with van der Waals surface area (Å²) in [5.41, 5.74) is -4.41. The summed E-state index contributed by atoms with van der Waals surface area (Å²) in [5.74, 6) is -3.39. The van der Waals surface area contributed by atoms with Gasteiger partial charge < -0.3 is 20.6 Å². The molecule has 1 saturated carbocycles. The fourth-order valence-electron chi connectivity index (χ4n) is 4.00. The Morgan fingerprint density at radius 3 is 2.75 bits per heavy atom. The number of aromatic amines is 1. The van der Waals surface area contributed by atoms with Gasteiger partial charge in [-0.25, -0.2) is 14.9 Å². The summed E-state index contributed by atoms with van der Waals surface area (Å²) in [4.78, 5) is 84.3. The number of H-pyrrole nitrogens is 1. The lowest BCUT2D eigenvalue weighted by Gasteiger charge is -2.55. The van der Waals surface area contributed by atoms with Gasteiger partial charge in [-0.05, 0) is 12.8 Å². The minimum absolute atomic E-state index is 0.0139. The molecule has 16 nitrogen and oxygen atoms in total. The molecule has 3 amide bonds. The molecule has 2 fully saturated rings. The quantitative estimate of drug-likeness (QED) is 0.0616. The lowest BCUT2D eigenvalue weighted by molar-refractivity contribution is -0.153. The van der Waals surface area contributed by atoms with E-state index in [9.17, 15) is 33.9 Å². The summed E-state index contributed by atoms with van der Waals surface area (Å²) in [7, 11) is 1.25. The number of carbonyl (C=O) groups excluding carboxylic acids is 3. The Bertz CT molecular complexity index is 1640. The van der Waals surface area contributed by atoms with Gasteiger partial charge in [0.2, 0.25) is 6.41 Å². The number of hydrogen-bond donors (Lipinski definition) is 4. The predicted molar refractivity (Wildman–Crippen MR) is 145 cm³/mol. The summed E-state index contributed by atoms with van der Waals surface area (Å²) in [6.45, 7) is 0. The Balaban J connectivity index is 1.48. The number of carboxylic acids is 1. The average Bonchev–Trinajstić information content (AvgIpc) is 3.66. The van der Waals surface area contributed by atoms with Crippen LogP contribution in [0.5, 0.6) is 0 Å². The molecule has 1 saturated heterocycles. The van der Waals surface area contributed by atoms with E-state index in [0.29, 0.717) is 6.41 Å². The number of carbonyl (C=O) groups is 4. The monoisotopic (exact) mass is 606 g/mol. The van der Waals surface area contributed by atoms with Crippen molar-refractivity contribution >= 4 is 81.3 Å². The molecule has 0 aromatic carbocycles. The van der Waals surface area contributed by atoms with E-state index in [-0.39, 0.29) is 39.8 Å². The lowest BCUT2D eigenvalue weighted by Crippen LogP contribution is -2.80. The molecule has 1 aliphatic carbocycles.